The standard InChI is InChI=1S/C20H21NO5/c1-4-25-20(22)26-18(15-8-6-5-7-9-15)17-14(12-13-21)10-11-16(23-2)19(17)24-3/h5-11,18H,4,12H2,1-3H3. The minimum atomic E-state index is -0.802. The van der Waals surface area contributed by atoms with Crippen LogP contribution in [0.25, 0.3) is 0 Å². The predicted molar refractivity (Wildman–Crippen MR) is 95.3 cm³/mol. The average Bonchev–Trinajstić information content (AvgIpc) is 2.67. The third kappa shape index (κ3) is 4.25. The molecule has 2 aromatic carbocycles. The lowest BCUT2D eigenvalue weighted by molar-refractivity contribution is 0.0370. The fraction of sp³-hybridized carbons (Fsp3) is 0.300. The number of nitrogens with zero attached hydrogens (tertiary/aromatic N) is 1. The molecule has 0 bridgehead atoms. The summed E-state index contributed by atoms with van der Waals surface area (Å²) in [6.07, 6.45) is -1.47. The van der Waals surface area contributed by atoms with Crippen molar-refractivity contribution < 1.29 is 23.7 Å². The number of benzene rings is 2. The first-order valence-electron chi connectivity index (χ1n) is 8.15. The summed E-state index contributed by atoms with van der Waals surface area (Å²) in [6.45, 7) is 1.90. The van der Waals surface area contributed by atoms with Crippen molar-refractivity contribution in [3.05, 3.63) is 59.2 Å². The van der Waals surface area contributed by atoms with Gasteiger partial charge in [-0.3, -0.25) is 0 Å². The van der Waals surface area contributed by atoms with Crippen molar-refractivity contribution in [3.8, 4) is 17.6 Å². The Kier molecular flexibility index (Phi) is 6.86. The molecule has 0 spiro atoms. The summed E-state index contributed by atoms with van der Waals surface area (Å²) in [5.41, 5.74) is 1.97. The molecule has 0 saturated heterocycles. The minimum Gasteiger partial charge on any atom is -0.493 e. The van der Waals surface area contributed by atoms with Gasteiger partial charge in [-0.1, -0.05) is 36.4 Å². The van der Waals surface area contributed by atoms with Crippen LogP contribution >= 0.6 is 0 Å². The molecule has 6 heteroatoms. The molecule has 136 valence electrons. The minimum absolute atomic E-state index is 0.130. The molecule has 26 heavy (non-hydrogen) atoms. The highest BCUT2D eigenvalue weighted by atomic mass is 16.7. The van der Waals surface area contributed by atoms with Gasteiger partial charge in [0.1, 0.15) is 0 Å². The average molecular weight is 355 g/mol. The first kappa shape index (κ1) is 19.1. The first-order chi connectivity index (χ1) is 12.7. The Labute approximate surface area is 152 Å². The zero-order valence-corrected chi connectivity index (χ0v) is 15.0. The number of carbonyl (C=O) groups excluding carboxylic acids is 1. The molecule has 0 amide bonds. The quantitative estimate of drug-likeness (QED) is 0.698. The van der Waals surface area contributed by atoms with Crippen LogP contribution in [0.1, 0.15) is 29.7 Å². The topological polar surface area (TPSA) is 77.8 Å². The number of hydrogen-bond acceptors (Lipinski definition) is 6. The van der Waals surface area contributed by atoms with Gasteiger partial charge >= 0.3 is 6.16 Å². The van der Waals surface area contributed by atoms with Crippen LogP contribution < -0.4 is 9.47 Å². The monoisotopic (exact) mass is 355 g/mol. The third-order valence-corrected chi connectivity index (χ3v) is 3.78. The van der Waals surface area contributed by atoms with Gasteiger partial charge < -0.3 is 18.9 Å². The highest BCUT2D eigenvalue weighted by Gasteiger charge is 2.28. The van der Waals surface area contributed by atoms with Crippen LogP contribution in [-0.4, -0.2) is 27.0 Å². The summed E-state index contributed by atoms with van der Waals surface area (Å²) < 4.78 is 21.4. The van der Waals surface area contributed by atoms with Gasteiger partial charge in [-0.2, -0.15) is 5.26 Å². The molecule has 0 aliphatic rings. The first-order valence-corrected chi connectivity index (χ1v) is 8.15. The number of hydrogen-bond donors (Lipinski definition) is 0. The lowest BCUT2D eigenvalue weighted by Gasteiger charge is -2.24. The SMILES string of the molecule is CCOC(=O)OC(c1ccccc1)c1c(CC#N)ccc(OC)c1OC. The van der Waals surface area contributed by atoms with Crippen LogP contribution in [0.2, 0.25) is 0 Å². The van der Waals surface area contributed by atoms with Gasteiger partial charge in [0.25, 0.3) is 0 Å². The van der Waals surface area contributed by atoms with Crippen molar-refractivity contribution in [2.24, 2.45) is 0 Å². The van der Waals surface area contributed by atoms with Crippen LogP contribution in [0.3, 0.4) is 0 Å². The summed E-state index contributed by atoms with van der Waals surface area (Å²) in [5.74, 6) is 0.899. The Hall–Kier alpha value is -3.20. The van der Waals surface area contributed by atoms with Gasteiger partial charge in [-0.15, -0.1) is 0 Å². The van der Waals surface area contributed by atoms with Gasteiger partial charge in [0.05, 0.1) is 33.3 Å². The van der Waals surface area contributed by atoms with Gasteiger partial charge in [0.15, 0.2) is 17.6 Å². The summed E-state index contributed by atoms with van der Waals surface area (Å²) in [7, 11) is 3.03. The predicted octanol–water partition coefficient (Wildman–Crippen LogP) is 4.03. The lowest BCUT2D eigenvalue weighted by Crippen LogP contribution is -2.16. The summed E-state index contributed by atoms with van der Waals surface area (Å²) >= 11 is 0. The van der Waals surface area contributed by atoms with E-state index in [1.54, 1.807) is 19.1 Å². The molecule has 1 unspecified atom stereocenters. The van der Waals surface area contributed by atoms with E-state index in [9.17, 15) is 10.1 Å². The molecular weight excluding hydrogens is 334 g/mol. The Morgan fingerprint density at radius 1 is 1.12 bits per heavy atom. The molecule has 0 fully saturated rings. The third-order valence-electron chi connectivity index (χ3n) is 3.78. The van der Waals surface area contributed by atoms with E-state index in [1.165, 1.54) is 14.2 Å². The van der Waals surface area contributed by atoms with Gasteiger partial charge in [-0.05, 0) is 24.1 Å². The maximum absolute atomic E-state index is 12.0. The van der Waals surface area contributed by atoms with Crippen molar-refractivity contribution >= 4 is 6.16 Å². The fourth-order valence-electron chi connectivity index (χ4n) is 2.69. The molecular formula is C20H21NO5. The summed E-state index contributed by atoms with van der Waals surface area (Å²) in [5, 5.41) is 9.20. The van der Waals surface area contributed by atoms with Crippen LogP contribution in [0.15, 0.2) is 42.5 Å². The van der Waals surface area contributed by atoms with Gasteiger partial charge in [0, 0.05) is 5.56 Å². The van der Waals surface area contributed by atoms with E-state index in [2.05, 4.69) is 6.07 Å². The maximum atomic E-state index is 12.0. The molecule has 6 nitrogen and oxygen atoms in total. The number of rotatable bonds is 7. The second kappa shape index (κ2) is 9.33. The van der Waals surface area contributed by atoms with Gasteiger partial charge in [0.2, 0.25) is 0 Å². The highest BCUT2D eigenvalue weighted by molar-refractivity contribution is 5.63. The molecule has 0 radical (unpaired) electrons. The molecule has 0 saturated carbocycles. The smallest absolute Gasteiger partial charge is 0.493 e. The van der Waals surface area contributed by atoms with Crippen molar-refractivity contribution in [1.82, 2.24) is 0 Å². The van der Waals surface area contributed by atoms with Crippen molar-refractivity contribution in [2.45, 2.75) is 19.4 Å². The van der Waals surface area contributed by atoms with E-state index in [4.69, 9.17) is 18.9 Å². The highest BCUT2D eigenvalue weighted by Crippen LogP contribution is 2.41. The van der Waals surface area contributed by atoms with Crippen molar-refractivity contribution in [1.29, 1.82) is 5.26 Å². The zero-order valence-electron chi connectivity index (χ0n) is 15.0. The summed E-state index contributed by atoms with van der Waals surface area (Å²) in [4.78, 5) is 12.0. The van der Waals surface area contributed by atoms with Crippen LogP contribution in [-0.2, 0) is 15.9 Å². The van der Waals surface area contributed by atoms with Crippen LogP contribution in [0, 0.1) is 11.3 Å². The van der Waals surface area contributed by atoms with Crippen LogP contribution in [0.5, 0.6) is 11.5 Å². The van der Waals surface area contributed by atoms with E-state index in [-0.39, 0.29) is 13.0 Å². The van der Waals surface area contributed by atoms with Crippen molar-refractivity contribution in [3.63, 3.8) is 0 Å². The molecule has 0 N–H and O–H groups in total. The zero-order chi connectivity index (χ0) is 18.9. The van der Waals surface area contributed by atoms with E-state index in [1.807, 2.05) is 30.3 Å². The Morgan fingerprint density at radius 2 is 1.85 bits per heavy atom. The molecule has 2 aromatic rings. The van der Waals surface area contributed by atoms with E-state index in [0.717, 1.165) is 5.56 Å². The number of nitriles is 1. The van der Waals surface area contributed by atoms with Crippen LogP contribution in [0.4, 0.5) is 4.79 Å². The molecule has 0 aliphatic carbocycles. The van der Waals surface area contributed by atoms with Gasteiger partial charge in [-0.25, -0.2) is 4.79 Å². The lowest BCUT2D eigenvalue weighted by atomic mass is 9.93. The van der Waals surface area contributed by atoms with Crippen molar-refractivity contribution in [2.75, 3.05) is 20.8 Å². The van der Waals surface area contributed by atoms with E-state index < -0.39 is 12.3 Å². The maximum Gasteiger partial charge on any atom is 0.509 e. The summed E-state index contributed by atoms with van der Waals surface area (Å²) in [6, 6.07) is 14.8. The molecule has 0 aliphatic heterocycles. The normalized spacial score (nSPS) is 11.2. The Bertz CT molecular complexity index is 783. The molecule has 1 atom stereocenters. The number of ether oxygens (including phenoxy) is 4. The Morgan fingerprint density at radius 3 is 2.42 bits per heavy atom. The fourth-order valence-corrected chi connectivity index (χ4v) is 2.69. The number of methoxy groups -OCH3 is 2. The number of carbonyl (C=O) groups is 1. The van der Waals surface area contributed by atoms with E-state index in [0.29, 0.717) is 22.6 Å². The Balaban J connectivity index is 2.65. The molecule has 0 aromatic heterocycles. The van der Waals surface area contributed by atoms with E-state index >= 15 is 0 Å². The second-order valence-corrected chi connectivity index (χ2v) is 5.30. The second-order valence-electron chi connectivity index (χ2n) is 5.30. The molecule has 0 heterocycles. The largest absolute Gasteiger partial charge is 0.509 e. The molecule has 2 rings (SSSR count).